The van der Waals surface area contributed by atoms with Crippen LogP contribution >= 0.6 is 0 Å². The molecule has 1 aromatic heterocycles. The highest BCUT2D eigenvalue weighted by molar-refractivity contribution is 6.02. The maximum Gasteiger partial charge on any atom is 0.323 e. The van der Waals surface area contributed by atoms with Crippen molar-refractivity contribution in [1.82, 2.24) is 9.97 Å². The maximum atomic E-state index is 13.6. The van der Waals surface area contributed by atoms with Crippen LogP contribution in [-0.4, -0.2) is 27.6 Å². The van der Waals surface area contributed by atoms with Gasteiger partial charge in [-0.25, -0.2) is 9.18 Å². The molecule has 6 nitrogen and oxygen atoms in total. The Morgan fingerprint density at radius 2 is 2.25 bits per heavy atom. The summed E-state index contributed by atoms with van der Waals surface area (Å²) in [4.78, 5) is 27.1. The first kappa shape index (κ1) is 13.6. The summed E-state index contributed by atoms with van der Waals surface area (Å²) in [7, 11) is 0. The van der Waals surface area contributed by atoms with E-state index in [-0.39, 0.29) is 23.6 Å². The molecule has 2 aromatic rings. The van der Waals surface area contributed by atoms with Crippen LogP contribution in [0.2, 0.25) is 0 Å². The zero-order chi connectivity index (χ0) is 14.5. The quantitative estimate of drug-likeness (QED) is 0.598. The van der Waals surface area contributed by atoms with Gasteiger partial charge in [-0.2, -0.15) is 0 Å². The number of hydrogen-bond donors (Lipinski definition) is 4. The van der Waals surface area contributed by atoms with Crippen molar-refractivity contribution in [3.8, 4) is 11.8 Å². The number of carbonyl (C=O) groups excluding carboxylic acids is 1. The first-order chi connectivity index (χ1) is 9.60. The monoisotopic (exact) mass is 275 g/mol. The summed E-state index contributed by atoms with van der Waals surface area (Å²) in [5, 5.41) is 11.0. The first-order valence-electron chi connectivity index (χ1n) is 5.58. The molecule has 0 fully saturated rings. The smallest absolute Gasteiger partial charge is 0.323 e. The predicted molar refractivity (Wildman–Crippen MR) is 69.7 cm³/mol. The van der Waals surface area contributed by atoms with E-state index in [4.69, 9.17) is 5.11 Å². The Morgan fingerprint density at radius 1 is 1.45 bits per heavy atom. The van der Waals surface area contributed by atoms with Crippen LogP contribution in [0.5, 0.6) is 0 Å². The Morgan fingerprint density at radius 3 is 2.85 bits per heavy atom. The van der Waals surface area contributed by atoms with Crippen LogP contribution in [0.15, 0.2) is 29.2 Å². The summed E-state index contributed by atoms with van der Waals surface area (Å²) in [6.45, 7) is -0.362. The third kappa shape index (κ3) is 3.13. The minimum absolute atomic E-state index is 0.0413. The molecule has 0 aliphatic heterocycles. The number of amides is 1. The number of aliphatic hydroxyl groups excluding tert-OH is 1. The molecule has 0 saturated carbocycles. The van der Waals surface area contributed by atoms with Gasteiger partial charge in [-0.3, -0.25) is 4.79 Å². The van der Waals surface area contributed by atoms with Crippen LogP contribution in [0.3, 0.4) is 0 Å². The molecule has 2 rings (SSSR count). The number of anilines is 1. The summed E-state index contributed by atoms with van der Waals surface area (Å²) in [6, 6.07) is 3.95. The summed E-state index contributed by atoms with van der Waals surface area (Å²) in [5.41, 5.74) is -0.119. The number of halogens is 1. The first-order valence-corrected chi connectivity index (χ1v) is 5.58. The van der Waals surface area contributed by atoms with E-state index in [1.54, 1.807) is 0 Å². The zero-order valence-corrected chi connectivity index (χ0v) is 10.2. The van der Waals surface area contributed by atoms with Crippen LogP contribution < -0.4 is 11.0 Å². The van der Waals surface area contributed by atoms with Crippen LogP contribution in [0.1, 0.15) is 16.1 Å². The van der Waals surface area contributed by atoms with Crippen LogP contribution in [0.25, 0.3) is 0 Å². The Labute approximate surface area is 112 Å². The second-order valence-corrected chi connectivity index (χ2v) is 3.77. The van der Waals surface area contributed by atoms with E-state index in [1.165, 1.54) is 18.3 Å². The number of carbonyl (C=O) groups is 1. The molecule has 0 aliphatic rings. The third-order valence-corrected chi connectivity index (χ3v) is 2.37. The lowest BCUT2D eigenvalue weighted by atomic mass is 10.2. The highest BCUT2D eigenvalue weighted by Gasteiger charge is 2.09. The molecule has 0 spiro atoms. The minimum Gasteiger partial charge on any atom is -0.384 e. The second-order valence-electron chi connectivity index (χ2n) is 3.77. The van der Waals surface area contributed by atoms with Gasteiger partial charge >= 0.3 is 5.69 Å². The topological polar surface area (TPSA) is 98.0 Å². The number of aromatic nitrogens is 2. The number of nitrogens with one attached hydrogen (secondary N) is 3. The van der Waals surface area contributed by atoms with Gasteiger partial charge in [-0.1, -0.05) is 11.8 Å². The number of imidazole rings is 1. The number of benzene rings is 1. The summed E-state index contributed by atoms with van der Waals surface area (Å²) in [5.74, 6) is 3.58. The molecular formula is C13H10FN3O3. The van der Waals surface area contributed by atoms with E-state index in [2.05, 4.69) is 27.1 Å². The third-order valence-electron chi connectivity index (χ3n) is 2.37. The molecule has 102 valence electrons. The lowest BCUT2D eigenvalue weighted by Gasteiger charge is -2.04. The fourth-order valence-corrected chi connectivity index (χ4v) is 1.48. The van der Waals surface area contributed by atoms with Crippen LogP contribution in [-0.2, 0) is 0 Å². The van der Waals surface area contributed by atoms with Crippen molar-refractivity contribution < 1.29 is 14.3 Å². The summed E-state index contributed by atoms with van der Waals surface area (Å²) < 4.78 is 13.6. The van der Waals surface area contributed by atoms with Gasteiger partial charge in [0.25, 0.3) is 5.91 Å². The van der Waals surface area contributed by atoms with Crippen molar-refractivity contribution in [2.24, 2.45) is 0 Å². The second kappa shape index (κ2) is 5.86. The SMILES string of the molecule is O=C(Nc1ccc(C#CCO)c(F)c1)c1c[nH]c(=O)[nH]1. The van der Waals surface area contributed by atoms with E-state index in [9.17, 15) is 14.0 Å². The van der Waals surface area contributed by atoms with Crippen molar-refractivity contribution in [1.29, 1.82) is 0 Å². The molecule has 1 aromatic carbocycles. The molecule has 0 saturated heterocycles. The molecule has 1 amide bonds. The number of rotatable bonds is 2. The van der Waals surface area contributed by atoms with E-state index >= 15 is 0 Å². The van der Waals surface area contributed by atoms with E-state index in [0.29, 0.717) is 0 Å². The predicted octanol–water partition coefficient (Wildman–Crippen LogP) is 0.438. The molecule has 20 heavy (non-hydrogen) atoms. The van der Waals surface area contributed by atoms with Crippen molar-refractivity contribution in [2.75, 3.05) is 11.9 Å². The number of aliphatic hydroxyl groups is 1. The van der Waals surface area contributed by atoms with Crippen molar-refractivity contribution in [3.05, 3.63) is 52.0 Å². The lowest BCUT2D eigenvalue weighted by molar-refractivity contribution is 0.102. The van der Waals surface area contributed by atoms with E-state index in [1.807, 2.05) is 0 Å². The van der Waals surface area contributed by atoms with E-state index in [0.717, 1.165) is 6.07 Å². The average Bonchev–Trinajstić information content (AvgIpc) is 2.85. The number of H-pyrrole nitrogens is 2. The maximum absolute atomic E-state index is 13.6. The summed E-state index contributed by atoms with van der Waals surface area (Å²) >= 11 is 0. The van der Waals surface area contributed by atoms with Crippen molar-refractivity contribution >= 4 is 11.6 Å². The van der Waals surface area contributed by atoms with Gasteiger partial charge < -0.3 is 20.4 Å². The fraction of sp³-hybridized carbons (Fsp3) is 0.0769. The van der Waals surface area contributed by atoms with Gasteiger partial charge in [0.15, 0.2) is 0 Å². The molecule has 1 heterocycles. The molecule has 0 unspecified atom stereocenters. The molecule has 0 radical (unpaired) electrons. The number of hydrogen-bond acceptors (Lipinski definition) is 3. The van der Waals surface area contributed by atoms with Gasteiger partial charge in [0.2, 0.25) is 0 Å². The Bertz CT molecular complexity index is 752. The Balaban J connectivity index is 2.16. The van der Waals surface area contributed by atoms with Gasteiger partial charge in [-0.15, -0.1) is 0 Å². The number of aromatic amines is 2. The normalized spacial score (nSPS) is 9.70. The van der Waals surface area contributed by atoms with Crippen LogP contribution in [0, 0.1) is 17.7 Å². The Kier molecular flexibility index (Phi) is 3.98. The van der Waals surface area contributed by atoms with Crippen LogP contribution in [0.4, 0.5) is 10.1 Å². The van der Waals surface area contributed by atoms with Crippen molar-refractivity contribution in [3.63, 3.8) is 0 Å². The fourth-order valence-electron chi connectivity index (χ4n) is 1.48. The molecule has 7 heteroatoms. The molecule has 0 aliphatic carbocycles. The van der Waals surface area contributed by atoms with Crippen molar-refractivity contribution in [2.45, 2.75) is 0 Å². The highest BCUT2D eigenvalue weighted by atomic mass is 19.1. The van der Waals surface area contributed by atoms with Gasteiger partial charge in [0.1, 0.15) is 18.1 Å². The average molecular weight is 275 g/mol. The highest BCUT2D eigenvalue weighted by Crippen LogP contribution is 2.14. The standard InChI is InChI=1S/C13H10FN3O3/c14-10-6-9(4-3-8(10)2-1-5-18)16-12(19)11-7-15-13(20)17-11/h3-4,6-7,18H,5H2,(H,16,19)(H2,15,17,20). The van der Waals surface area contributed by atoms with Gasteiger partial charge in [0.05, 0.1) is 5.56 Å². The molecular weight excluding hydrogens is 265 g/mol. The van der Waals surface area contributed by atoms with Gasteiger partial charge in [-0.05, 0) is 18.2 Å². The van der Waals surface area contributed by atoms with E-state index < -0.39 is 17.4 Å². The largest absolute Gasteiger partial charge is 0.384 e. The molecule has 0 atom stereocenters. The molecule has 0 bridgehead atoms. The Hall–Kier alpha value is -2.85. The molecule has 4 N–H and O–H groups in total. The minimum atomic E-state index is -0.619. The zero-order valence-electron chi connectivity index (χ0n) is 10.2. The lowest BCUT2D eigenvalue weighted by Crippen LogP contribution is -2.14. The summed E-state index contributed by atoms with van der Waals surface area (Å²) in [6.07, 6.45) is 1.22. The van der Waals surface area contributed by atoms with Gasteiger partial charge in [0, 0.05) is 11.9 Å².